The molecule has 2 aliphatic rings. The summed E-state index contributed by atoms with van der Waals surface area (Å²) in [4.78, 5) is 40.9. The highest BCUT2D eigenvalue weighted by Crippen LogP contribution is 2.28. The van der Waals surface area contributed by atoms with Crippen molar-refractivity contribution in [3.8, 4) is 0 Å². The van der Waals surface area contributed by atoms with Crippen molar-refractivity contribution in [3.05, 3.63) is 64.4 Å². The Morgan fingerprint density at radius 2 is 2.10 bits per heavy atom. The van der Waals surface area contributed by atoms with Crippen LogP contribution in [-0.2, 0) is 20.7 Å². The van der Waals surface area contributed by atoms with Crippen LogP contribution in [0.2, 0.25) is 0 Å². The molecule has 0 spiro atoms. The van der Waals surface area contributed by atoms with Crippen molar-refractivity contribution < 1.29 is 19.1 Å². The van der Waals surface area contributed by atoms with Crippen molar-refractivity contribution in [2.45, 2.75) is 31.0 Å². The molecule has 2 amide bonds. The van der Waals surface area contributed by atoms with Crippen LogP contribution in [-0.4, -0.2) is 53.8 Å². The molecule has 3 unspecified atom stereocenters. The Bertz CT molecular complexity index is 923. The number of nitrogens with zero attached hydrogens (tertiary/aromatic N) is 1. The number of hydrogen-bond donors (Lipinski definition) is 1. The molecule has 2 aliphatic heterocycles. The maximum Gasteiger partial charge on any atom is 0.251 e. The topological polar surface area (TPSA) is 75.7 Å². The number of amides is 2. The third kappa shape index (κ3) is 4.02. The number of rotatable bonds is 6. The van der Waals surface area contributed by atoms with Gasteiger partial charge in [0.25, 0.3) is 5.91 Å². The minimum Gasteiger partial charge on any atom is -0.368 e. The number of carbonyl (C=O) groups is 3. The molecular weight excluding hydrogens is 388 g/mol. The lowest BCUT2D eigenvalue weighted by Crippen LogP contribution is -2.53. The zero-order chi connectivity index (χ0) is 20.4. The highest BCUT2D eigenvalue weighted by atomic mass is 32.1. The van der Waals surface area contributed by atoms with Crippen molar-refractivity contribution in [2.75, 3.05) is 13.2 Å². The number of fused-ring (bicyclic) bond motifs is 1. The highest BCUT2D eigenvalue weighted by Gasteiger charge is 2.48. The SMILES string of the molecule is C=Cc1ccc(C(=O)NC(Cc2cccs2)C(=O)N2CCC3OCC(=O)C32)cc1. The first-order valence-corrected chi connectivity index (χ1v) is 10.5. The maximum atomic E-state index is 13.3. The summed E-state index contributed by atoms with van der Waals surface area (Å²) in [7, 11) is 0. The van der Waals surface area contributed by atoms with Crippen LogP contribution in [0.4, 0.5) is 0 Å². The molecule has 2 aromatic rings. The summed E-state index contributed by atoms with van der Waals surface area (Å²) in [6, 6.07) is 9.60. The summed E-state index contributed by atoms with van der Waals surface area (Å²) in [6.45, 7) is 4.22. The van der Waals surface area contributed by atoms with E-state index in [9.17, 15) is 14.4 Å². The molecule has 1 aromatic carbocycles. The summed E-state index contributed by atoms with van der Waals surface area (Å²) >= 11 is 1.53. The maximum absolute atomic E-state index is 13.3. The Morgan fingerprint density at radius 1 is 1.31 bits per heavy atom. The van der Waals surface area contributed by atoms with Gasteiger partial charge in [0.15, 0.2) is 5.78 Å². The van der Waals surface area contributed by atoms with Gasteiger partial charge in [-0.15, -0.1) is 11.3 Å². The Morgan fingerprint density at radius 3 is 2.79 bits per heavy atom. The zero-order valence-electron chi connectivity index (χ0n) is 15.9. The van der Waals surface area contributed by atoms with Gasteiger partial charge in [-0.1, -0.05) is 30.9 Å². The third-order valence-electron chi connectivity index (χ3n) is 5.39. The second-order valence-electron chi connectivity index (χ2n) is 7.22. The Balaban J connectivity index is 1.54. The minimum absolute atomic E-state index is 0.0523. The van der Waals surface area contributed by atoms with Gasteiger partial charge in [0.2, 0.25) is 5.91 Å². The van der Waals surface area contributed by atoms with E-state index in [0.717, 1.165) is 10.4 Å². The van der Waals surface area contributed by atoms with Gasteiger partial charge in [0.05, 0.1) is 6.10 Å². The number of Topliss-reactive ketones (excluding diaryl/α,β-unsaturated/α-hetero) is 1. The van der Waals surface area contributed by atoms with Crippen LogP contribution >= 0.6 is 11.3 Å². The fraction of sp³-hybridized carbons (Fsp3) is 0.318. The smallest absolute Gasteiger partial charge is 0.251 e. The number of likely N-dealkylation sites (tertiary alicyclic amines) is 1. The number of carbonyl (C=O) groups excluding carboxylic acids is 3. The zero-order valence-corrected chi connectivity index (χ0v) is 16.7. The molecule has 4 rings (SSSR count). The predicted octanol–water partition coefficient (Wildman–Crippen LogP) is 2.30. The number of ketones is 1. The molecule has 3 heterocycles. The third-order valence-corrected chi connectivity index (χ3v) is 6.29. The Kier molecular flexibility index (Phi) is 5.60. The summed E-state index contributed by atoms with van der Waals surface area (Å²) in [5, 5.41) is 4.82. The first-order chi connectivity index (χ1) is 14.1. The van der Waals surface area contributed by atoms with E-state index in [1.165, 1.54) is 11.3 Å². The van der Waals surface area contributed by atoms with Crippen molar-refractivity contribution in [2.24, 2.45) is 0 Å². The van der Waals surface area contributed by atoms with Gasteiger partial charge in [0.1, 0.15) is 18.7 Å². The minimum atomic E-state index is -0.743. The molecule has 0 bridgehead atoms. The molecule has 1 aromatic heterocycles. The Labute approximate surface area is 173 Å². The van der Waals surface area contributed by atoms with Crippen LogP contribution in [0.5, 0.6) is 0 Å². The van der Waals surface area contributed by atoms with Gasteiger partial charge >= 0.3 is 0 Å². The largest absolute Gasteiger partial charge is 0.368 e. The van der Waals surface area contributed by atoms with E-state index in [-0.39, 0.29) is 30.3 Å². The van der Waals surface area contributed by atoms with Gasteiger partial charge in [-0.05, 0) is 35.6 Å². The van der Waals surface area contributed by atoms with Gasteiger partial charge in [-0.2, -0.15) is 0 Å². The molecular formula is C22H22N2O4S. The summed E-state index contributed by atoms with van der Waals surface area (Å²) in [5.74, 6) is -0.622. The van der Waals surface area contributed by atoms with E-state index >= 15 is 0 Å². The number of hydrogen-bond acceptors (Lipinski definition) is 5. The van der Waals surface area contributed by atoms with Crippen molar-refractivity contribution >= 4 is 35.0 Å². The monoisotopic (exact) mass is 410 g/mol. The number of nitrogens with one attached hydrogen (secondary N) is 1. The molecule has 29 heavy (non-hydrogen) atoms. The average molecular weight is 410 g/mol. The molecule has 0 aliphatic carbocycles. The standard InChI is InChI=1S/C22H22N2O4S/c1-2-14-5-7-15(8-6-14)21(26)23-17(12-16-4-3-11-29-16)22(27)24-10-9-19-20(24)18(25)13-28-19/h2-8,11,17,19-20H,1,9-10,12-13H2,(H,23,26). The second kappa shape index (κ2) is 8.31. The van der Waals surface area contributed by atoms with E-state index in [0.29, 0.717) is 24.9 Å². The second-order valence-corrected chi connectivity index (χ2v) is 8.25. The van der Waals surface area contributed by atoms with E-state index in [4.69, 9.17) is 4.74 Å². The first-order valence-electron chi connectivity index (χ1n) is 9.57. The van der Waals surface area contributed by atoms with Crippen LogP contribution in [0.25, 0.3) is 6.08 Å². The van der Waals surface area contributed by atoms with Gasteiger partial charge in [0, 0.05) is 23.4 Å². The molecule has 0 saturated carbocycles. The first kappa shape index (κ1) is 19.5. The van der Waals surface area contributed by atoms with E-state index in [1.54, 1.807) is 35.2 Å². The number of ether oxygens (including phenoxy) is 1. The van der Waals surface area contributed by atoms with E-state index in [1.807, 2.05) is 17.5 Å². The lowest BCUT2D eigenvalue weighted by atomic mass is 10.1. The van der Waals surface area contributed by atoms with Gasteiger partial charge < -0.3 is 15.0 Å². The molecule has 3 atom stereocenters. The fourth-order valence-corrected chi connectivity index (χ4v) is 4.64. The number of thiophene rings is 1. The van der Waals surface area contributed by atoms with Gasteiger partial charge in [-0.3, -0.25) is 14.4 Å². The molecule has 150 valence electrons. The van der Waals surface area contributed by atoms with E-state index < -0.39 is 12.1 Å². The number of benzene rings is 1. The van der Waals surface area contributed by atoms with E-state index in [2.05, 4.69) is 11.9 Å². The van der Waals surface area contributed by atoms with Crippen LogP contribution < -0.4 is 5.32 Å². The lowest BCUT2D eigenvalue weighted by Gasteiger charge is -2.27. The highest BCUT2D eigenvalue weighted by molar-refractivity contribution is 7.09. The molecule has 2 fully saturated rings. The molecule has 1 N–H and O–H groups in total. The molecule has 7 heteroatoms. The van der Waals surface area contributed by atoms with Crippen molar-refractivity contribution in [3.63, 3.8) is 0 Å². The summed E-state index contributed by atoms with van der Waals surface area (Å²) < 4.78 is 5.49. The van der Waals surface area contributed by atoms with Crippen molar-refractivity contribution in [1.82, 2.24) is 10.2 Å². The van der Waals surface area contributed by atoms with Gasteiger partial charge in [-0.25, -0.2) is 0 Å². The van der Waals surface area contributed by atoms with Crippen LogP contribution in [0.1, 0.15) is 27.2 Å². The lowest BCUT2D eigenvalue weighted by molar-refractivity contribution is -0.138. The fourth-order valence-electron chi connectivity index (χ4n) is 3.88. The average Bonchev–Trinajstić information content (AvgIpc) is 3.47. The van der Waals surface area contributed by atoms with Crippen LogP contribution in [0, 0.1) is 0 Å². The summed E-state index contributed by atoms with van der Waals surface area (Å²) in [6.07, 6.45) is 2.51. The predicted molar refractivity (Wildman–Crippen MR) is 111 cm³/mol. The Hall–Kier alpha value is -2.77. The molecule has 6 nitrogen and oxygen atoms in total. The normalized spacial score (nSPS) is 21.7. The summed E-state index contributed by atoms with van der Waals surface area (Å²) in [5.41, 5.74) is 1.38. The van der Waals surface area contributed by atoms with Crippen LogP contribution in [0.15, 0.2) is 48.4 Å². The van der Waals surface area contributed by atoms with Crippen LogP contribution in [0.3, 0.4) is 0 Å². The molecule has 2 saturated heterocycles. The quantitative estimate of drug-likeness (QED) is 0.793. The van der Waals surface area contributed by atoms with Crippen molar-refractivity contribution in [1.29, 1.82) is 0 Å². The molecule has 0 radical (unpaired) electrons.